The molecular weight excluding hydrogens is 272 g/mol. The molecule has 0 aromatic rings. The van der Waals surface area contributed by atoms with Gasteiger partial charge in [-0.15, -0.1) is 0 Å². The maximum atomic E-state index is 11.6. The van der Waals surface area contributed by atoms with E-state index in [2.05, 4.69) is 5.32 Å². The van der Waals surface area contributed by atoms with Gasteiger partial charge >= 0.3 is 11.9 Å². The maximum Gasteiger partial charge on any atom is 0.320 e. The fraction of sp³-hybridized carbons (Fsp3) is 0.727. The Balaban J connectivity index is 4.14. The Morgan fingerprint density at radius 3 is 2.37 bits per heavy atom. The van der Waals surface area contributed by atoms with Gasteiger partial charge in [0.25, 0.3) is 0 Å². The molecule has 0 aliphatic heterocycles. The molecule has 7 nitrogen and oxygen atoms in total. The van der Waals surface area contributed by atoms with Gasteiger partial charge in [0.05, 0.1) is 6.42 Å². The van der Waals surface area contributed by atoms with Crippen LogP contribution in [-0.4, -0.2) is 52.2 Å². The largest absolute Gasteiger partial charge is 0.481 e. The summed E-state index contributed by atoms with van der Waals surface area (Å²) in [5, 5.41) is 19.9. The van der Waals surface area contributed by atoms with Crippen LogP contribution in [0.4, 0.5) is 0 Å². The molecule has 0 radical (unpaired) electrons. The predicted octanol–water partition coefficient (Wildman–Crippen LogP) is -0.109. The number of hydrogen-bond acceptors (Lipinski definition) is 5. The fourth-order valence-corrected chi connectivity index (χ4v) is 1.93. The minimum Gasteiger partial charge on any atom is -0.481 e. The number of rotatable bonds is 10. The third-order valence-corrected chi connectivity index (χ3v) is 3.10. The molecule has 0 spiro atoms. The Morgan fingerprint density at radius 1 is 1.26 bits per heavy atom. The minimum absolute atomic E-state index is 0.0249. The lowest BCUT2D eigenvalue weighted by Crippen LogP contribution is -2.38. The van der Waals surface area contributed by atoms with Crippen molar-refractivity contribution in [1.82, 2.24) is 5.32 Å². The average Bonchev–Trinajstić information content (AvgIpc) is 2.32. The molecule has 0 aliphatic rings. The third kappa shape index (κ3) is 9.32. The van der Waals surface area contributed by atoms with E-state index < -0.39 is 24.0 Å². The van der Waals surface area contributed by atoms with Crippen molar-refractivity contribution in [2.24, 2.45) is 5.73 Å². The Labute approximate surface area is 115 Å². The first-order valence-corrected chi connectivity index (χ1v) is 7.24. The number of carboxylic acids is 2. The molecule has 0 saturated carbocycles. The summed E-state index contributed by atoms with van der Waals surface area (Å²) in [6, 6.07) is -1.51. The lowest BCUT2D eigenvalue weighted by molar-refractivity contribution is -0.139. The lowest BCUT2D eigenvalue weighted by Gasteiger charge is -2.16. The number of aliphatic carboxylic acids is 2. The Hall–Kier alpha value is -1.28. The standard InChI is InChI=1S/C11H20N2O5S/c1-19-5-4-7(6-10(15)16)13-9(14)3-2-8(12)11(17)18/h7-8H,2-6,12H2,1H3,(H,13,14)(H,15,16)(H,17,18)/t7?,8-/m0/s1. The summed E-state index contributed by atoms with van der Waals surface area (Å²) in [5.41, 5.74) is 5.28. The number of hydrogen-bond donors (Lipinski definition) is 4. The average molecular weight is 292 g/mol. The SMILES string of the molecule is CSCCC(CC(=O)O)NC(=O)CC[C@H](N)C(=O)O. The van der Waals surface area contributed by atoms with E-state index in [0.29, 0.717) is 6.42 Å². The summed E-state index contributed by atoms with van der Waals surface area (Å²) in [4.78, 5) is 32.7. The third-order valence-electron chi connectivity index (χ3n) is 2.46. The summed E-state index contributed by atoms with van der Waals surface area (Å²) in [6.45, 7) is 0. The van der Waals surface area contributed by atoms with Crippen molar-refractivity contribution in [2.75, 3.05) is 12.0 Å². The van der Waals surface area contributed by atoms with Crippen LogP contribution in [0.1, 0.15) is 25.7 Å². The van der Waals surface area contributed by atoms with Crippen LogP contribution in [0.25, 0.3) is 0 Å². The summed E-state index contributed by atoms with van der Waals surface area (Å²) in [5.74, 6) is -1.76. The first-order chi connectivity index (χ1) is 8.86. The molecule has 0 bridgehead atoms. The van der Waals surface area contributed by atoms with Crippen LogP contribution in [0.3, 0.4) is 0 Å². The number of thioether (sulfide) groups is 1. The van der Waals surface area contributed by atoms with Crippen molar-refractivity contribution >= 4 is 29.6 Å². The van der Waals surface area contributed by atoms with Crippen LogP contribution in [0, 0.1) is 0 Å². The second-order valence-corrected chi connectivity index (χ2v) is 5.11. The second kappa shape index (κ2) is 9.62. The lowest BCUT2D eigenvalue weighted by atomic mass is 10.1. The summed E-state index contributed by atoms with van der Waals surface area (Å²) >= 11 is 1.56. The molecule has 0 aromatic carbocycles. The van der Waals surface area contributed by atoms with Gasteiger partial charge in [-0.25, -0.2) is 0 Å². The number of nitrogens with one attached hydrogen (secondary N) is 1. The van der Waals surface area contributed by atoms with Gasteiger partial charge in [-0.3, -0.25) is 14.4 Å². The highest BCUT2D eigenvalue weighted by atomic mass is 32.2. The predicted molar refractivity (Wildman–Crippen MR) is 72.0 cm³/mol. The van der Waals surface area contributed by atoms with E-state index in [1.807, 2.05) is 6.26 Å². The van der Waals surface area contributed by atoms with E-state index in [0.717, 1.165) is 5.75 Å². The molecule has 110 valence electrons. The smallest absolute Gasteiger partial charge is 0.320 e. The molecule has 0 rings (SSSR count). The quantitative estimate of drug-likeness (QED) is 0.442. The molecular formula is C11H20N2O5S. The van der Waals surface area contributed by atoms with Gasteiger partial charge in [0.2, 0.25) is 5.91 Å². The first-order valence-electron chi connectivity index (χ1n) is 5.85. The van der Waals surface area contributed by atoms with Crippen LogP contribution < -0.4 is 11.1 Å². The maximum absolute atomic E-state index is 11.6. The molecule has 0 aromatic heterocycles. The van der Waals surface area contributed by atoms with E-state index in [4.69, 9.17) is 15.9 Å². The molecule has 1 unspecified atom stereocenters. The van der Waals surface area contributed by atoms with Crippen LogP contribution in [0.15, 0.2) is 0 Å². The van der Waals surface area contributed by atoms with Gasteiger partial charge in [-0.2, -0.15) is 11.8 Å². The Kier molecular flexibility index (Phi) is 8.98. The highest BCUT2D eigenvalue weighted by molar-refractivity contribution is 7.98. The van der Waals surface area contributed by atoms with Crippen LogP contribution in [0.5, 0.6) is 0 Å². The zero-order chi connectivity index (χ0) is 14.8. The molecule has 1 amide bonds. The summed E-state index contributed by atoms with van der Waals surface area (Å²) < 4.78 is 0. The number of carboxylic acid groups (broad SMARTS) is 2. The topological polar surface area (TPSA) is 130 Å². The number of carbonyl (C=O) groups excluding carboxylic acids is 1. The van der Waals surface area contributed by atoms with Gasteiger partial charge in [-0.1, -0.05) is 0 Å². The van der Waals surface area contributed by atoms with E-state index >= 15 is 0 Å². The second-order valence-electron chi connectivity index (χ2n) is 4.13. The van der Waals surface area contributed by atoms with Gasteiger partial charge in [0.15, 0.2) is 0 Å². The van der Waals surface area contributed by atoms with Crippen LogP contribution in [-0.2, 0) is 14.4 Å². The normalized spacial score (nSPS) is 13.6. The molecule has 0 saturated heterocycles. The molecule has 0 heterocycles. The van der Waals surface area contributed by atoms with Crippen molar-refractivity contribution in [3.05, 3.63) is 0 Å². The van der Waals surface area contributed by atoms with Crippen molar-refractivity contribution in [3.8, 4) is 0 Å². The minimum atomic E-state index is -1.16. The van der Waals surface area contributed by atoms with Gasteiger partial charge in [0, 0.05) is 12.5 Å². The van der Waals surface area contributed by atoms with Crippen LogP contribution in [0.2, 0.25) is 0 Å². The van der Waals surface area contributed by atoms with Crippen molar-refractivity contribution in [2.45, 2.75) is 37.8 Å². The highest BCUT2D eigenvalue weighted by Crippen LogP contribution is 2.05. The summed E-state index contributed by atoms with van der Waals surface area (Å²) in [6.07, 6.45) is 2.32. The van der Waals surface area contributed by atoms with Gasteiger partial charge < -0.3 is 21.3 Å². The molecule has 0 fully saturated rings. The van der Waals surface area contributed by atoms with Crippen molar-refractivity contribution in [1.29, 1.82) is 0 Å². The monoisotopic (exact) mass is 292 g/mol. The Morgan fingerprint density at radius 2 is 1.89 bits per heavy atom. The van der Waals surface area contributed by atoms with E-state index in [1.54, 1.807) is 11.8 Å². The molecule has 5 N–H and O–H groups in total. The van der Waals surface area contributed by atoms with E-state index in [1.165, 1.54) is 0 Å². The summed E-state index contributed by atoms with van der Waals surface area (Å²) in [7, 11) is 0. The molecule has 0 aliphatic carbocycles. The fourth-order valence-electron chi connectivity index (χ4n) is 1.41. The zero-order valence-corrected chi connectivity index (χ0v) is 11.6. The number of amides is 1. The molecule has 2 atom stereocenters. The highest BCUT2D eigenvalue weighted by Gasteiger charge is 2.18. The molecule has 8 heteroatoms. The van der Waals surface area contributed by atoms with Crippen molar-refractivity contribution in [3.63, 3.8) is 0 Å². The van der Waals surface area contributed by atoms with Gasteiger partial charge in [0.1, 0.15) is 6.04 Å². The first kappa shape index (κ1) is 17.7. The van der Waals surface area contributed by atoms with E-state index in [-0.39, 0.29) is 25.2 Å². The zero-order valence-electron chi connectivity index (χ0n) is 10.8. The number of carbonyl (C=O) groups is 3. The number of nitrogens with two attached hydrogens (primary N) is 1. The van der Waals surface area contributed by atoms with E-state index in [9.17, 15) is 14.4 Å². The van der Waals surface area contributed by atoms with Crippen molar-refractivity contribution < 1.29 is 24.6 Å². The molecule has 19 heavy (non-hydrogen) atoms. The van der Waals surface area contributed by atoms with Gasteiger partial charge in [-0.05, 0) is 24.9 Å². The Bertz CT molecular complexity index is 324. The van der Waals surface area contributed by atoms with Crippen LogP contribution >= 0.6 is 11.8 Å².